The topological polar surface area (TPSA) is 29.3 Å². The van der Waals surface area contributed by atoms with E-state index in [1.165, 1.54) is 21.3 Å². The van der Waals surface area contributed by atoms with E-state index >= 15 is 0 Å². The lowest BCUT2D eigenvalue weighted by Gasteiger charge is -2.36. The van der Waals surface area contributed by atoms with Crippen LogP contribution in [0.2, 0.25) is 0 Å². The first-order valence-electron chi connectivity index (χ1n) is 7.02. The van der Waals surface area contributed by atoms with Gasteiger partial charge in [0.2, 0.25) is 0 Å². The molecule has 0 fully saturated rings. The summed E-state index contributed by atoms with van der Waals surface area (Å²) in [6.45, 7) is 4.08. The monoisotopic (exact) mass is 350 g/mol. The normalized spacial score (nSPS) is 18.1. The minimum Gasteiger partial charge on any atom is -0.363 e. The highest BCUT2D eigenvalue weighted by molar-refractivity contribution is 9.10. The zero-order chi connectivity index (χ0) is 14.1. The summed E-state index contributed by atoms with van der Waals surface area (Å²) in [5, 5.41) is 2.21. The number of nitrogens with two attached hydrogens (primary N) is 1. The first kappa shape index (κ1) is 14.1. The van der Waals surface area contributed by atoms with E-state index in [1.807, 2.05) is 11.3 Å². The van der Waals surface area contributed by atoms with Gasteiger partial charge in [-0.25, -0.2) is 0 Å². The molecule has 1 unspecified atom stereocenters. The molecule has 1 atom stereocenters. The largest absolute Gasteiger partial charge is 0.363 e. The molecule has 2 nitrogen and oxygen atoms in total. The maximum absolute atomic E-state index is 5.63. The average molecular weight is 351 g/mol. The van der Waals surface area contributed by atoms with E-state index in [0.717, 1.165) is 19.4 Å². The number of benzene rings is 1. The third-order valence-electron chi connectivity index (χ3n) is 4.03. The van der Waals surface area contributed by atoms with E-state index in [2.05, 4.69) is 57.4 Å². The summed E-state index contributed by atoms with van der Waals surface area (Å²) < 4.78 is 1.17. The molecule has 1 aliphatic heterocycles. The van der Waals surface area contributed by atoms with Crippen molar-refractivity contribution in [2.75, 3.05) is 18.0 Å². The predicted octanol–water partition coefficient (Wildman–Crippen LogP) is 4.14. The Morgan fingerprint density at radius 3 is 3.00 bits per heavy atom. The van der Waals surface area contributed by atoms with Gasteiger partial charge in [-0.1, -0.05) is 6.07 Å². The fourth-order valence-electron chi connectivity index (χ4n) is 2.94. The number of rotatable bonds is 3. The van der Waals surface area contributed by atoms with Gasteiger partial charge in [0.25, 0.3) is 0 Å². The van der Waals surface area contributed by atoms with Gasteiger partial charge in [0.1, 0.15) is 0 Å². The van der Waals surface area contributed by atoms with Gasteiger partial charge in [0.15, 0.2) is 0 Å². The number of hydrogen-bond donors (Lipinski definition) is 1. The lowest BCUT2D eigenvalue weighted by atomic mass is 10.0. The highest BCUT2D eigenvalue weighted by Gasteiger charge is 2.25. The van der Waals surface area contributed by atoms with Crippen LogP contribution >= 0.6 is 27.3 Å². The smallest absolute Gasteiger partial charge is 0.0525 e. The zero-order valence-electron chi connectivity index (χ0n) is 11.6. The summed E-state index contributed by atoms with van der Waals surface area (Å²) in [7, 11) is 0. The Morgan fingerprint density at radius 2 is 2.25 bits per heavy atom. The van der Waals surface area contributed by atoms with Crippen molar-refractivity contribution in [1.29, 1.82) is 0 Å². The Morgan fingerprint density at radius 1 is 1.40 bits per heavy atom. The molecule has 0 saturated heterocycles. The molecule has 2 heterocycles. The first-order chi connectivity index (χ1) is 9.70. The molecule has 0 aliphatic carbocycles. The quantitative estimate of drug-likeness (QED) is 0.901. The Labute approximate surface area is 132 Å². The van der Waals surface area contributed by atoms with E-state index in [4.69, 9.17) is 5.73 Å². The summed E-state index contributed by atoms with van der Waals surface area (Å²) in [6.07, 6.45) is 2.08. The number of halogens is 1. The number of anilines is 1. The van der Waals surface area contributed by atoms with Crippen LogP contribution < -0.4 is 10.6 Å². The summed E-state index contributed by atoms with van der Waals surface area (Å²) in [5.41, 5.74) is 9.70. The van der Waals surface area contributed by atoms with Crippen LogP contribution in [-0.2, 0) is 12.8 Å². The van der Waals surface area contributed by atoms with Crippen LogP contribution in [0.25, 0.3) is 0 Å². The summed E-state index contributed by atoms with van der Waals surface area (Å²) >= 11 is 5.62. The van der Waals surface area contributed by atoms with Gasteiger partial charge in [-0.3, -0.25) is 0 Å². The molecular formula is C16H19BrN2S. The minimum absolute atomic E-state index is 0.446. The molecule has 2 N–H and O–H groups in total. The SMILES string of the molecule is CC1c2ccsc2CCN1c1ccc(CCN)cc1Br. The standard InChI is InChI=1S/C16H19BrN2S/c1-11-13-6-9-20-16(13)5-8-19(11)15-3-2-12(4-7-18)10-14(15)17/h2-3,6,9-11H,4-5,7-8,18H2,1H3. The van der Waals surface area contributed by atoms with Gasteiger partial charge in [0, 0.05) is 15.9 Å². The predicted molar refractivity (Wildman–Crippen MR) is 90.7 cm³/mol. The first-order valence-corrected chi connectivity index (χ1v) is 8.69. The molecule has 4 heteroatoms. The Kier molecular flexibility index (Phi) is 4.15. The van der Waals surface area contributed by atoms with Crippen LogP contribution in [0.3, 0.4) is 0 Å². The van der Waals surface area contributed by atoms with Crippen molar-refractivity contribution in [1.82, 2.24) is 0 Å². The van der Waals surface area contributed by atoms with Gasteiger partial charge in [-0.05, 0) is 76.9 Å². The zero-order valence-corrected chi connectivity index (χ0v) is 14.0. The van der Waals surface area contributed by atoms with Crippen LogP contribution in [0.5, 0.6) is 0 Å². The Bertz CT molecular complexity index is 608. The molecule has 2 aromatic rings. The molecule has 3 rings (SSSR count). The molecule has 0 radical (unpaired) electrons. The van der Waals surface area contributed by atoms with Gasteiger partial charge < -0.3 is 10.6 Å². The molecule has 20 heavy (non-hydrogen) atoms. The number of hydrogen-bond acceptors (Lipinski definition) is 3. The van der Waals surface area contributed by atoms with Crippen molar-refractivity contribution in [2.45, 2.75) is 25.8 Å². The van der Waals surface area contributed by atoms with Crippen LogP contribution in [0, 0.1) is 0 Å². The number of nitrogens with zero attached hydrogens (tertiary/aromatic N) is 1. The van der Waals surface area contributed by atoms with Crippen molar-refractivity contribution in [3.63, 3.8) is 0 Å². The highest BCUT2D eigenvalue weighted by Crippen LogP contribution is 2.39. The number of thiophene rings is 1. The van der Waals surface area contributed by atoms with Crippen molar-refractivity contribution >= 4 is 33.0 Å². The molecule has 1 aromatic carbocycles. The third-order valence-corrected chi connectivity index (χ3v) is 5.66. The van der Waals surface area contributed by atoms with Crippen molar-refractivity contribution in [3.05, 3.63) is 50.1 Å². The van der Waals surface area contributed by atoms with Crippen LogP contribution in [0.4, 0.5) is 5.69 Å². The van der Waals surface area contributed by atoms with Crippen LogP contribution in [0.1, 0.15) is 29.0 Å². The van der Waals surface area contributed by atoms with E-state index in [0.29, 0.717) is 12.6 Å². The van der Waals surface area contributed by atoms with Gasteiger partial charge in [0.05, 0.1) is 11.7 Å². The fourth-order valence-corrected chi connectivity index (χ4v) is 4.56. The molecule has 1 aliphatic rings. The van der Waals surface area contributed by atoms with Crippen molar-refractivity contribution < 1.29 is 0 Å². The van der Waals surface area contributed by atoms with Crippen LogP contribution in [-0.4, -0.2) is 13.1 Å². The van der Waals surface area contributed by atoms with E-state index in [1.54, 1.807) is 4.88 Å². The second kappa shape index (κ2) is 5.88. The molecule has 1 aromatic heterocycles. The van der Waals surface area contributed by atoms with Crippen molar-refractivity contribution in [3.8, 4) is 0 Å². The minimum atomic E-state index is 0.446. The van der Waals surface area contributed by atoms with E-state index in [9.17, 15) is 0 Å². The summed E-state index contributed by atoms with van der Waals surface area (Å²) in [4.78, 5) is 4.04. The molecular weight excluding hydrogens is 332 g/mol. The maximum Gasteiger partial charge on any atom is 0.0525 e. The van der Waals surface area contributed by atoms with Gasteiger partial charge in [-0.15, -0.1) is 11.3 Å². The maximum atomic E-state index is 5.63. The summed E-state index contributed by atoms with van der Waals surface area (Å²) in [5.74, 6) is 0. The van der Waals surface area contributed by atoms with Crippen LogP contribution in [0.15, 0.2) is 34.1 Å². The molecule has 0 spiro atoms. The fraction of sp³-hybridized carbons (Fsp3) is 0.375. The molecule has 0 bridgehead atoms. The lowest BCUT2D eigenvalue weighted by Crippen LogP contribution is -2.33. The van der Waals surface area contributed by atoms with E-state index < -0.39 is 0 Å². The second-order valence-corrected chi connectivity index (χ2v) is 7.10. The third kappa shape index (κ3) is 2.52. The molecule has 106 valence electrons. The van der Waals surface area contributed by atoms with Crippen molar-refractivity contribution in [2.24, 2.45) is 5.73 Å². The molecule has 0 amide bonds. The Hall–Kier alpha value is -0.840. The van der Waals surface area contributed by atoms with Gasteiger partial charge >= 0.3 is 0 Å². The lowest BCUT2D eigenvalue weighted by molar-refractivity contribution is 0.631. The second-order valence-electron chi connectivity index (χ2n) is 5.24. The summed E-state index contributed by atoms with van der Waals surface area (Å²) in [6, 6.07) is 9.35. The number of fused-ring (bicyclic) bond motifs is 1. The highest BCUT2D eigenvalue weighted by atomic mass is 79.9. The van der Waals surface area contributed by atoms with E-state index in [-0.39, 0.29) is 0 Å². The Balaban J connectivity index is 1.90. The molecule has 0 saturated carbocycles. The average Bonchev–Trinajstić information content (AvgIpc) is 2.90. The van der Waals surface area contributed by atoms with Gasteiger partial charge in [-0.2, -0.15) is 0 Å².